The van der Waals surface area contributed by atoms with Gasteiger partial charge in [0.15, 0.2) is 0 Å². The van der Waals surface area contributed by atoms with Gasteiger partial charge in [0.1, 0.15) is 5.69 Å². The van der Waals surface area contributed by atoms with Crippen LogP contribution in [0.4, 0.5) is 11.4 Å². The lowest BCUT2D eigenvalue weighted by molar-refractivity contribution is -0.384. The molecule has 0 aliphatic carbocycles. The van der Waals surface area contributed by atoms with Crippen LogP contribution in [0.5, 0.6) is 0 Å². The lowest BCUT2D eigenvalue weighted by Crippen LogP contribution is -2.36. The number of nitrogens with zero attached hydrogens (tertiary/aromatic N) is 5. The van der Waals surface area contributed by atoms with Gasteiger partial charge in [-0.2, -0.15) is 9.78 Å². The maximum Gasteiger partial charge on any atom is 0.295 e. The van der Waals surface area contributed by atoms with Crippen molar-refractivity contribution in [3.05, 3.63) is 98.8 Å². The van der Waals surface area contributed by atoms with Gasteiger partial charge in [-0.15, -0.1) is 0 Å². The minimum Gasteiger partial charge on any atom is -0.411 e. The van der Waals surface area contributed by atoms with Gasteiger partial charge in [0, 0.05) is 35.8 Å². The van der Waals surface area contributed by atoms with Crippen LogP contribution in [-0.4, -0.2) is 52.4 Å². The molecule has 0 bridgehead atoms. The quantitative estimate of drug-likeness (QED) is 0.183. The third-order valence-electron chi connectivity index (χ3n) is 6.26. The van der Waals surface area contributed by atoms with Crippen LogP contribution in [0, 0.1) is 10.1 Å². The maximum atomic E-state index is 13.6. The molecule has 4 aromatic rings. The fraction of sp³-hybridized carbons (Fsp3) is 0.148. The van der Waals surface area contributed by atoms with E-state index in [-0.39, 0.29) is 11.4 Å². The zero-order valence-electron chi connectivity index (χ0n) is 19.8. The average Bonchev–Trinajstić information content (AvgIpc) is 2.93. The Morgan fingerprint density at radius 1 is 1.05 bits per heavy atom. The van der Waals surface area contributed by atoms with E-state index in [1.165, 1.54) is 12.3 Å². The van der Waals surface area contributed by atoms with Crippen molar-refractivity contribution < 1.29 is 14.9 Å². The first-order valence-electron chi connectivity index (χ1n) is 11.6. The number of ether oxygens (including phenoxy) is 1. The summed E-state index contributed by atoms with van der Waals surface area (Å²) in [6.07, 6.45) is 2.93. The first-order chi connectivity index (χ1) is 18.0. The molecule has 10 nitrogen and oxygen atoms in total. The molecule has 0 radical (unpaired) electrons. The summed E-state index contributed by atoms with van der Waals surface area (Å²) in [5, 5.41) is 29.8. The van der Waals surface area contributed by atoms with Gasteiger partial charge in [-0.3, -0.25) is 14.9 Å². The van der Waals surface area contributed by atoms with E-state index in [0.717, 1.165) is 15.9 Å². The van der Waals surface area contributed by atoms with Crippen LogP contribution in [0.3, 0.4) is 0 Å². The summed E-state index contributed by atoms with van der Waals surface area (Å²) >= 11 is 0. The fourth-order valence-electron chi connectivity index (χ4n) is 4.49. The summed E-state index contributed by atoms with van der Waals surface area (Å²) in [5.41, 5.74) is 2.52. The predicted octanol–water partition coefficient (Wildman–Crippen LogP) is 4.25. The maximum absolute atomic E-state index is 13.6. The van der Waals surface area contributed by atoms with Crippen molar-refractivity contribution in [3.8, 4) is 16.9 Å². The van der Waals surface area contributed by atoms with E-state index in [1.807, 2.05) is 6.07 Å². The molecular formula is C27H23N5O5. The second-order valence-corrected chi connectivity index (χ2v) is 8.48. The first kappa shape index (κ1) is 23.9. The van der Waals surface area contributed by atoms with Gasteiger partial charge >= 0.3 is 0 Å². The van der Waals surface area contributed by atoms with Gasteiger partial charge in [-0.1, -0.05) is 36.0 Å². The molecule has 1 aromatic heterocycles. The van der Waals surface area contributed by atoms with E-state index in [9.17, 15) is 14.9 Å². The van der Waals surface area contributed by atoms with E-state index in [4.69, 9.17) is 9.94 Å². The monoisotopic (exact) mass is 497 g/mol. The highest BCUT2D eigenvalue weighted by molar-refractivity contribution is 5.95. The molecule has 1 saturated heterocycles. The average molecular weight is 498 g/mol. The Morgan fingerprint density at radius 3 is 2.49 bits per heavy atom. The first-order valence-corrected chi connectivity index (χ1v) is 11.6. The zero-order valence-corrected chi connectivity index (χ0v) is 19.8. The zero-order chi connectivity index (χ0) is 25.9. The summed E-state index contributed by atoms with van der Waals surface area (Å²) in [6, 6.07) is 17.1. The van der Waals surface area contributed by atoms with Crippen LogP contribution in [0.25, 0.3) is 33.8 Å². The summed E-state index contributed by atoms with van der Waals surface area (Å²) in [5.74, 6) is 0. The number of aromatic nitrogens is 2. The van der Waals surface area contributed by atoms with Crippen LogP contribution in [-0.2, 0) is 4.74 Å². The fourth-order valence-corrected chi connectivity index (χ4v) is 4.49. The number of anilines is 1. The van der Waals surface area contributed by atoms with E-state index in [0.29, 0.717) is 53.9 Å². The van der Waals surface area contributed by atoms with Gasteiger partial charge in [-0.05, 0) is 47.5 Å². The van der Waals surface area contributed by atoms with Gasteiger partial charge < -0.3 is 14.8 Å². The van der Waals surface area contributed by atoms with E-state index >= 15 is 0 Å². The molecular weight excluding hydrogens is 474 g/mol. The van der Waals surface area contributed by atoms with Crippen molar-refractivity contribution in [3.63, 3.8) is 0 Å². The van der Waals surface area contributed by atoms with Gasteiger partial charge in [0.2, 0.25) is 0 Å². The standard InChI is InChI=1S/C27H23N5O5/c1-2-18-13-19(17-28-34)15-20(14-18)26-22-5-3-4-6-23(22)27(33)31(29-26)25-16-21(7-8-24(25)32(35)36)30-9-11-37-12-10-30/h2-8,13-17,34H,1,9-12H2/b28-17+. The van der Waals surface area contributed by atoms with E-state index in [2.05, 4.69) is 21.7 Å². The lowest BCUT2D eigenvalue weighted by atomic mass is 10.00. The smallest absolute Gasteiger partial charge is 0.295 e. The van der Waals surface area contributed by atoms with E-state index in [1.54, 1.807) is 54.6 Å². The minimum absolute atomic E-state index is 0.0722. The van der Waals surface area contributed by atoms with Gasteiger partial charge in [0.05, 0.1) is 35.4 Å². The summed E-state index contributed by atoms with van der Waals surface area (Å²) in [4.78, 5) is 27.2. The number of oxime groups is 1. The molecule has 1 fully saturated rings. The number of nitro benzene ring substituents is 1. The Bertz CT molecular complexity index is 1610. The summed E-state index contributed by atoms with van der Waals surface area (Å²) < 4.78 is 6.52. The minimum atomic E-state index is -0.518. The number of morpholine rings is 1. The molecule has 1 aliphatic heterocycles. The van der Waals surface area contributed by atoms with Crippen LogP contribution < -0.4 is 10.5 Å². The third kappa shape index (κ3) is 4.57. The van der Waals surface area contributed by atoms with Crippen molar-refractivity contribution in [2.24, 2.45) is 5.16 Å². The number of nitro groups is 1. The van der Waals surface area contributed by atoms with Gasteiger partial charge in [0.25, 0.3) is 11.2 Å². The van der Waals surface area contributed by atoms with Crippen LogP contribution in [0.2, 0.25) is 0 Å². The Hall–Kier alpha value is -4.83. The Morgan fingerprint density at radius 2 is 1.78 bits per heavy atom. The van der Waals surface area contributed by atoms with Crippen LogP contribution >= 0.6 is 0 Å². The summed E-state index contributed by atoms with van der Waals surface area (Å²) in [6.45, 7) is 6.18. The highest BCUT2D eigenvalue weighted by atomic mass is 16.6. The van der Waals surface area contributed by atoms with Crippen LogP contribution in [0.15, 0.2) is 77.2 Å². The largest absolute Gasteiger partial charge is 0.411 e. The molecule has 0 atom stereocenters. The SMILES string of the molecule is C=Cc1cc(/C=N/O)cc(-c2nn(-c3cc(N4CCOCC4)ccc3[N+](=O)[O-])c(=O)c3ccccc23)c1. The molecule has 0 unspecified atom stereocenters. The molecule has 0 spiro atoms. The van der Waals surface area contributed by atoms with Crippen molar-refractivity contribution in [2.75, 3.05) is 31.2 Å². The molecule has 1 N–H and O–H groups in total. The van der Waals surface area contributed by atoms with Crippen molar-refractivity contribution >= 4 is 34.4 Å². The number of benzene rings is 3. The normalized spacial score (nSPS) is 13.8. The van der Waals surface area contributed by atoms with Crippen molar-refractivity contribution in [1.29, 1.82) is 0 Å². The Kier molecular flexibility index (Phi) is 6.48. The Labute approximate surface area is 211 Å². The van der Waals surface area contributed by atoms with Crippen molar-refractivity contribution in [1.82, 2.24) is 9.78 Å². The topological polar surface area (TPSA) is 123 Å². The van der Waals surface area contributed by atoms with Gasteiger partial charge in [-0.25, -0.2) is 0 Å². The highest BCUT2D eigenvalue weighted by Gasteiger charge is 2.23. The number of hydrogen-bond donors (Lipinski definition) is 1. The molecule has 186 valence electrons. The number of rotatable bonds is 6. The molecule has 5 rings (SSSR count). The molecule has 3 aromatic carbocycles. The Balaban J connectivity index is 1.80. The van der Waals surface area contributed by atoms with Crippen LogP contribution in [0.1, 0.15) is 11.1 Å². The van der Waals surface area contributed by atoms with Crippen molar-refractivity contribution in [2.45, 2.75) is 0 Å². The summed E-state index contributed by atoms with van der Waals surface area (Å²) in [7, 11) is 0. The third-order valence-corrected chi connectivity index (χ3v) is 6.26. The molecule has 1 aliphatic rings. The second-order valence-electron chi connectivity index (χ2n) is 8.48. The molecule has 37 heavy (non-hydrogen) atoms. The number of hydrogen-bond acceptors (Lipinski definition) is 8. The lowest BCUT2D eigenvalue weighted by Gasteiger charge is -2.29. The predicted molar refractivity (Wildman–Crippen MR) is 142 cm³/mol. The molecule has 0 amide bonds. The number of fused-ring (bicyclic) bond motifs is 1. The molecule has 10 heteroatoms. The molecule has 2 heterocycles. The highest BCUT2D eigenvalue weighted by Crippen LogP contribution is 2.31. The molecule has 0 saturated carbocycles. The second kappa shape index (κ2) is 10.0. The van der Waals surface area contributed by atoms with E-state index < -0.39 is 10.5 Å².